The zero-order chi connectivity index (χ0) is 17.2. The molecule has 0 unspecified atom stereocenters. The SMILES string of the molecule is COc1ccccc1CN1CC2(C[C@@H](OCC(=O)N(C)C)CS2)C1. The number of carbonyl (C=O) groups is 1. The number of carbonyl (C=O) groups excluding carboxylic acids is 1. The number of likely N-dealkylation sites (N-methyl/N-ethyl adjacent to an activating group) is 1. The molecule has 0 N–H and O–H groups in total. The molecule has 1 atom stereocenters. The third kappa shape index (κ3) is 3.87. The van der Waals surface area contributed by atoms with E-state index in [2.05, 4.69) is 17.0 Å². The van der Waals surface area contributed by atoms with Gasteiger partial charge >= 0.3 is 0 Å². The quantitative estimate of drug-likeness (QED) is 0.783. The number of likely N-dealkylation sites (tertiary alicyclic amines) is 1. The molecule has 2 fully saturated rings. The predicted molar refractivity (Wildman–Crippen MR) is 96.5 cm³/mol. The summed E-state index contributed by atoms with van der Waals surface area (Å²) in [5.74, 6) is 1.98. The first-order valence-electron chi connectivity index (χ1n) is 8.31. The third-order valence-electron chi connectivity index (χ3n) is 4.73. The van der Waals surface area contributed by atoms with Gasteiger partial charge in [-0.3, -0.25) is 9.69 Å². The van der Waals surface area contributed by atoms with Gasteiger partial charge in [-0.25, -0.2) is 0 Å². The Morgan fingerprint density at radius 2 is 2.12 bits per heavy atom. The molecular formula is C18H26N2O3S. The summed E-state index contributed by atoms with van der Waals surface area (Å²) in [7, 11) is 5.25. The number of hydrogen-bond acceptors (Lipinski definition) is 5. The number of thioether (sulfide) groups is 1. The van der Waals surface area contributed by atoms with Crippen molar-refractivity contribution in [2.24, 2.45) is 0 Å². The monoisotopic (exact) mass is 350 g/mol. The Morgan fingerprint density at radius 3 is 2.83 bits per heavy atom. The van der Waals surface area contributed by atoms with Gasteiger partial charge in [0, 0.05) is 49.8 Å². The van der Waals surface area contributed by atoms with Crippen LogP contribution in [0.4, 0.5) is 0 Å². The summed E-state index contributed by atoms with van der Waals surface area (Å²) < 4.78 is 11.5. The van der Waals surface area contributed by atoms with E-state index >= 15 is 0 Å². The van der Waals surface area contributed by atoms with Crippen molar-refractivity contribution in [1.29, 1.82) is 0 Å². The van der Waals surface area contributed by atoms with Crippen molar-refractivity contribution in [2.75, 3.05) is 46.7 Å². The van der Waals surface area contributed by atoms with Gasteiger partial charge in [0.25, 0.3) is 0 Å². The highest BCUT2D eigenvalue weighted by atomic mass is 32.2. The molecule has 2 aliphatic heterocycles. The van der Waals surface area contributed by atoms with Gasteiger partial charge in [-0.15, -0.1) is 11.8 Å². The molecule has 1 amide bonds. The summed E-state index contributed by atoms with van der Waals surface area (Å²) in [6, 6.07) is 8.21. The number of amides is 1. The molecule has 1 aromatic carbocycles. The summed E-state index contributed by atoms with van der Waals surface area (Å²) in [6.45, 7) is 3.28. The zero-order valence-electron chi connectivity index (χ0n) is 14.7. The maximum atomic E-state index is 11.6. The molecule has 0 saturated carbocycles. The minimum Gasteiger partial charge on any atom is -0.496 e. The molecule has 5 nitrogen and oxygen atoms in total. The third-order valence-corrected chi connectivity index (χ3v) is 6.30. The summed E-state index contributed by atoms with van der Waals surface area (Å²) in [4.78, 5) is 15.7. The first-order chi connectivity index (χ1) is 11.5. The summed E-state index contributed by atoms with van der Waals surface area (Å²) in [5.41, 5.74) is 1.24. The second kappa shape index (κ2) is 7.33. The van der Waals surface area contributed by atoms with E-state index in [0.29, 0.717) is 4.75 Å². The molecule has 0 aliphatic carbocycles. The van der Waals surface area contributed by atoms with Gasteiger partial charge in [0.1, 0.15) is 12.4 Å². The van der Waals surface area contributed by atoms with Crippen molar-refractivity contribution in [3.05, 3.63) is 29.8 Å². The van der Waals surface area contributed by atoms with Gasteiger partial charge in [-0.05, 0) is 12.5 Å². The Bertz CT molecular complexity index is 587. The molecule has 6 heteroatoms. The predicted octanol–water partition coefficient (Wildman–Crippen LogP) is 1.86. The van der Waals surface area contributed by atoms with Crippen molar-refractivity contribution >= 4 is 17.7 Å². The molecule has 2 saturated heterocycles. The van der Waals surface area contributed by atoms with E-state index in [4.69, 9.17) is 9.47 Å². The molecule has 0 radical (unpaired) electrons. The maximum Gasteiger partial charge on any atom is 0.248 e. The van der Waals surface area contributed by atoms with Crippen molar-refractivity contribution < 1.29 is 14.3 Å². The Morgan fingerprint density at radius 1 is 1.38 bits per heavy atom. The molecule has 3 rings (SSSR count). The molecule has 2 aliphatic rings. The second-order valence-electron chi connectivity index (χ2n) is 6.88. The van der Waals surface area contributed by atoms with Gasteiger partial charge in [0.15, 0.2) is 0 Å². The lowest BCUT2D eigenvalue weighted by molar-refractivity contribution is -0.135. The van der Waals surface area contributed by atoms with Crippen LogP contribution in [-0.4, -0.2) is 73.2 Å². The lowest BCUT2D eigenvalue weighted by atomic mass is 9.92. The molecule has 0 bridgehead atoms. The van der Waals surface area contributed by atoms with Crippen LogP contribution in [0.3, 0.4) is 0 Å². The average molecular weight is 350 g/mol. The van der Waals surface area contributed by atoms with E-state index in [0.717, 1.165) is 37.6 Å². The van der Waals surface area contributed by atoms with E-state index < -0.39 is 0 Å². The van der Waals surface area contributed by atoms with Gasteiger partial charge in [0.2, 0.25) is 5.91 Å². The van der Waals surface area contributed by atoms with Crippen molar-refractivity contribution in [2.45, 2.75) is 23.8 Å². The van der Waals surface area contributed by atoms with Crippen LogP contribution in [0.15, 0.2) is 24.3 Å². The van der Waals surface area contributed by atoms with Gasteiger partial charge in [-0.2, -0.15) is 0 Å². The largest absolute Gasteiger partial charge is 0.496 e. The minimum absolute atomic E-state index is 0.0346. The number of benzene rings is 1. The number of methoxy groups -OCH3 is 1. The van der Waals surface area contributed by atoms with Crippen molar-refractivity contribution in [1.82, 2.24) is 9.80 Å². The fourth-order valence-corrected chi connectivity index (χ4v) is 5.01. The minimum atomic E-state index is 0.0346. The first kappa shape index (κ1) is 17.6. The van der Waals surface area contributed by atoms with Crippen LogP contribution in [0.25, 0.3) is 0 Å². The van der Waals surface area contributed by atoms with E-state index in [1.165, 1.54) is 5.56 Å². The highest BCUT2D eigenvalue weighted by molar-refractivity contribution is 8.01. The second-order valence-corrected chi connectivity index (χ2v) is 8.36. The van der Waals surface area contributed by atoms with Gasteiger partial charge < -0.3 is 14.4 Å². The fraction of sp³-hybridized carbons (Fsp3) is 0.611. The van der Waals surface area contributed by atoms with Crippen LogP contribution < -0.4 is 4.74 Å². The molecule has 2 heterocycles. The summed E-state index contributed by atoms with van der Waals surface area (Å²) >= 11 is 2.00. The van der Waals surface area contributed by atoms with E-state index in [-0.39, 0.29) is 18.6 Å². The number of rotatable bonds is 6. The molecule has 0 aromatic heterocycles. The summed E-state index contributed by atoms with van der Waals surface area (Å²) in [5, 5.41) is 0. The van der Waals surface area contributed by atoms with Crippen LogP contribution in [0.2, 0.25) is 0 Å². The lowest BCUT2D eigenvalue weighted by Crippen LogP contribution is -2.58. The average Bonchev–Trinajstić information content (AvgIpc) is 2.97. The van der Waals surface area contributed by atoms with E-state index in [1.54, 1.807) is 26.1 Å². The highest BCUT2D eigenvalue weighted by Gasteiger charge is 2.49. The number of hydrogen-bond donors (Lipinski definition) is 0. The van der Waals surface area contributed by atoms with Crippen LogP contribution in [0.1, 0.15) is 12.0 Å². The zero-order valence-corrected chi connectivity index (χ0v) is 15.5. The Balaban J connectivity index is 1.45. The van der Waals surface area contributed by atoms with Gasteiger partial charge in [0.05, 0.1) is 13.2 Å². The summed E-state index contributed by atoms with van der Waals surface area (Å²) in [6.07, 6.45) is 1.24. The number of nitrogens with zero attached hydrogens (tertiary/aromatic N) is 2. The van der Waals surface area contributed by atoms with Crippen LogP contribution in [0.5, 0.6) is 5.75 Å². The highest BCUT2D eigenvalue weighted by Crippen LogP contribution is 2.46. The van der Waals surface area contributed by atoms with Crippen LogP contribution in [0, 0.1) is 0 Å². The maximum absolute atomic E-state index is 11.6. The Kier molecular flexibility index (Phi) is 5.37. The fourth-order valence-electron chi connectivity index (χ4n) is 3.40. The van der Waals surface area contributed by atoms with Gasteiger partial charge in [-0.1, -0.05) is 18.2 Å². The van der Waals surface area contributed by atoms with Crippen molar-refractivity contribution in [3.8, 4) is 5.75 Å². The number of ether oxygens (including phenoxy) is 2. The standard InChI is InChI=1S/C18H26N2O3S/c1-19(2)17(21)10-23-15-8-18(24-11-15)12-20(13-18)9-14-6-4-5-7-16(14)22-3/h4-7,15H,8-13H2,1-3H3/t15-/m1/s1. The molecule has 1 spiro atoms. The molecule has 24 heavy (non-hydrogen) atoms. The molecular weight excluding hydrogens is 324 g/mol. The molecule has 1 aromatic rings. The Hall–Kier alpha value is -1.24. The Labute approximate surface area is 148 Å². The van der Waals surface area contributed by atoms with E-state index in [1.807, 2.05) is 23.9 Å². The van der Waals surface area contributed by atoms with Crippen molar-refractivity contribution in [3.63, 3.8) is 0 Å². The first-order valence-corrected chi connectivity index (χ1v) is 9.30. The lowest BCUT2D eigenvalue weighted by Gasteiger charge is -2.47. The van der Waals surface area contributed by atoms with Crippen LogP contribution >= 0.6 is 11.8 Å². The normalized spacial score (nSPS) is 22.4. The van der Waals surface area contributed by atoms with E-state index in [9.17, 15) is 4.79 Å². The number of para-hydroxylation sites is 1. The topological polar surface area (TPSA) is 42.0 Å². The molecule has 132 valence electrons. The van der Waals surface area contributed by atoms with Crippen LogP contribution in [-0.2, 0) is 16.1 Å². The smallest absolute Gasteiger partial charge is 0.248 e.